The summed E-state index contributed by atoms with van der Waals surface area (Å²) in [5.41, 5.74) is 1.15. The second-order valence-electron chi connectivity index (χ2n) is 4.08. The molecule has 0 saturated heterocycles. The van der Waals surface area contributed by atoms with Crippen molar-refractivity contribution in [2.45, 2.75) is 0 Å². The van der Waals surface area contributed by atoms with Gasteiger partial charge in [-0.25, -0.2) is 13.9 Å². The highest BCUT2D eigenvalue weighted by atomic mass is 35.5. The zero-order chi connectivity index (χ0) is 14.3. The maximum Gasteiger partial charge on any atom is 0.337 e. The fourth-order valence-electron chi connectivity index (χ4n) is 1.97. The zero-order valence-corrected chi connectivity index (χ0v) is 10.7. The predicted molar refractivity (Wildman–Crippen MR) is 70.8 cm³/mol. The first-order valence-corrected chi connectivity index (χ1v) is 5.99. The van der Waals surface area contributed by atoms with Crippen LogP contribution in [-0.2, 0) is 0 Å². The molecule has 0 aliphatic rings. The number of benzene rings is 2. The predicted octanol–water partition coefficient (Wildman–Crippen LogP) is 2.91. The number of para-hydroxylation sites is 1. The molecule has 0 aliphatic carbocycles. The van der Waals surface area contributed by atoms with Crippen molar-refractivity contribution in [3.8, 4) is 5.69 Å². The van der Waals surface area contributed by atoms with Crippen molar-refractivity contribution in [2.75, 3.05) is 0 Å². The van der Waals surface area contributed by atoms with E-state index in [9.17, 15) is 14.3 Å². The van der Waals surface area contributed by atoms with Crippen molar-refractivity contribution < 1.29 is 14.3 Å². The third kappa shape index (κ3) is 1.90. The van der Waals surface area contributed by atoms with Crippen LogP contribution < -0.4 is 0 Å². The quantitative estimate of drug-likeness (QED) is 0.788. The Balaban J connectivity index is 2.34. The van der Waals surface area contributed by atoms with E-state index in [0.29, 0.717) is 16.7 Å². The van der Waals surface area contributed by atoms with E-state index in [2.05, 4.69) is 10.3 Å². The summed E-state index contributed by atoms with van der Waals surface area (Å²) in [4.78, 5) is 11.3. The van der Waals surface area contributed by atoms with Gasteiger partial charge in [-0.1, -0.05) is 22.9 Å². The third-order valence-corrected chi connectivity index (χ3v) is 3.14. The Morgan fingerprint density at radius 2 is 2.10 bits per heavy atom. The molecular formula is C13H7ClFN3O2. The van der Waals surface area contributed by atoms with E-state index in [1.165, 1.54) is 22.9 Å². The Hall–Kier alpha value is -2.47. The van der Waals surface area contributed by atoms with Gasteiger partial charge in [-0.15, -0.1) is 5.10 Å². The van der Waals surface area contributed by atoms with Gasteiger partial charge >= 0.3 is 5.97 Å². The van der Waals surface area contributed by atoms with Gasteiger partial charge in [-0.05, 0) is 30.3 Å². The molecule has 5 nitrogen and oxygen atoms in total. The van der Waals surface area contributed by atoms with E-state index < -0.39 is 11.8 Å². The first-order chi connectivity index (χ1) is 9.58. The maximum absolute atomic E-state index is 13.1. The van der Waals surface area contributed by atoms with Crippen molar-refractivity contribution in [1.29, 1.82) is 0 Å². The summed E-state index contributed by atoms with van der Waals surface area (Å²) in [6.45, 7) is 0. The monoisotopic (exact) mass is 291 g/mol. The average Bonchev–Trinajstić information content (AvgIpc) is 2.82. The topological polar surface area (TPSA) is 68.0 Å². The summed E-state index contributed by atoms with van der Waals surface area (Å²) in [7, 11) is 0. The van der Waals surface area contributed by atoms with Gasteiger partial charge in [-0.2, -0.15) is 0 Å². The molecule has 0 unspecified atom stereocenters. The number of aromatic carboxylic acids is 1. The molecular weight excluding hydrogens is 285 g/mol. The molecule has 20 heavy (non-hydrogen) atoms. The molecule has 3 rings (SSSR count). The van der Waals surface area contributed by atoms with E-state index in [4.69, 9.17) is 11.6 Å². The number of hydrogen-bond donors (Lipinski definition) is 1. The number of halogens is 2. The molecule has 2 aromatic carbocycles. The lowest BCUT2D eigenvalue weighted by Gasteiger charge is -2.06. The lowest BCUT2D eigenvalue weighted by Crippen LogP contribution is -2.04. The minimum Gasteiger partial charge on any atom is -0.478 e. The fraction of sp³-hybridized carbons (Fsp3) is 0. The van der Waals surface area contributed by atoms with Crippen molar-refractivity contribution >= 4 is 28.6 Å². The molecule has 0 atom stereocenters. The van der Waals surface area contributed by atoms with Gasteiger partial charge in [0.1, 0.15) is 16.9 Å². The van der Waals surface area contributed by atoms with Gasteiger partial charge < -0.3 is 5.11 Å². The number of fused-ring (bicyclic) bond motifs is 1. The number of carboxylic acids is 1. The largest absolute Gasteiger partial charge is 0.478 e. The molecule has 0 spiro atoms. The Labute approximate surface area is 117 Å². The van der Waals surface area contributed by atoms with Crippen LogP contribution in [0.25, 0.3) is 16.7 Å². The third-order valence-electron chi connectivity index (χ3n) is 2.84. The number of rotatable bonds is 2. The summed E-state index contributed by atoms with van der Waals surface area (Å²) >= 11 is 5.98. The van der Waals surface area contributed by atoms with E-state index in [1.807, 2.05) is 0 Å². The summed E-state index contributed by atoms with van der Waals surface area (Å²) < 4.78 is 14.4. The number of nitrogens with zero attached hydrogens (tertiary/aromatic N) is 3. The van der Waals surface area contributed by atoms with Crippen molar-refractivity contribution in [2.24, 2.45) is 0 Å². The number of carbonyl (C=O) groups is 1. The van der Waals surface area contributed by atoms with Crippen molar-refractivity contribution in [3.63, 3.8) is 0 Å². The van der Waals surface area contributed by atoms with Crippen LogP contribution in [-0.4, -0.2) is 26.1 Å². The van der Waals surface area contributed by atoms with Crippen LogP contribution >= 0.6 is 11.6 Å². The van der Waals surface area contributed by atoms with Gasteiger partial charge in [0.05, 0.1) is 16.3 Å². The van der Waals surface area contributed by atoms with Crippen molar-refractivity contribution in [3.05, 3.63) is 52.8 Å². The van der Waals surface area contributed by atoms with Gasteiger partial charge in [0, 0.05) is 0 Å². The van der Waals surface area contributed by atoms with Gasteiger partial charge in [0.15, 0.2) is 0 Å². The molecule has 0 saturated carbocycles. The highest BCUT2D eigenvalue weighted by molar-refractivity contribution is 6.32. The number of hydrogen-bond acceptors (Lipinski definition) is 3. The van der Waals surface area contributed by atoms with Gasteiger partial charge in [0.25, 0.3) is 0 Å². The van der Waals surface area contributed by atoms with E-state index in [0.717, 1.165) is 6.07 Å². The zero-order valence-electron chi connectivity index (χ0n) is 9.92. The lowest BCUT2D eigenvalue weighted by atomic mass is 10.2. The molecule has 1 N–H and O–H groups in total. The molecule has 0 aliphatic heterocycles. The molecule has 7 heteroatoms. The first-order valence-electron chi connectivity index (χ1n) is 5.61. The minimum atomic E-state index is -1.10. The molecule has 100 valence electrons. The number of carboxylic acid groups (broad SMARTS) is 1. The standard InChI is InChI=1S/C13H7ClFN3O2/c14-9-6-7(15)4-5-11(9)18-12-8(13(19)20)2-1-3-10(12)16-17-18/h1-6H,(H,19,20). The Morgan fingerprint density at radius 1 is 1.30 bits per heavy atom. The molecule has 1 heterocycles. The highest BCUT2D eigenvalue weighted by Crippen LogP contribution is 2.26. The van der Waals surface area contributed by atoms with Crippen LogP contribution in [0.4, 0.5) is 4.39 Å². The van der Waals surface area contributed by atoms with E-state index in [-0.39, 0.29) is 10.6 Å². The number of aromatic nitrogens is 3. The van der Waals surface area contributed by atoms with Crippen LogP contribution in [0.1, 0.15) is 10.4 Å². The van der Waals surface area contributed by atoms with E-state index in [1.54, 1.807) is 12.1 Å². The molecule has 0 fully saturated rings. The van der Waals surface area contributed by atoms with E-state index >= 15 is 0 Å². The summed E-state index contributed by atoms with van der Waals surface area (Å²) in [6.07, 6.45) is 0. The Bertz CT molecular complexity index is 832. The van der Waals surface area contributed by atoms with Gasteiger partial charge in [0.2, 0.25) is 0 Å². The summed E-state index contributed by atoms with van der Waals surface area (Å²) in [5, 5.41) is 17.1. The first kappa shape index (κ1) is 12.6. The van der Waals surface area contributed by atoms with Gasteiger partial charge in [-0.3, -0.25) is 0 Å². The lowest BCUT2D eigenvalue weighted by molar-refractivity contribution is 0.0698. The summed E-state index contributed by atoms with van der Waals surface area (Å²) in [5.74, 6) is -1.58. The van der Waals surface area contributed by atoms with Crippen LogP contribution in [0.3, 0.4) is 0 Å². The summed E-state index contributed by atoms with van der Waals surface area (Å²) in [6, 6.07) is 8.44. The normalized spacial score (nSPS) is 10.9. The maximum atomic E-state index is 13.1. The van der Waals surface area contributed by atoms with Crippen molar-refractivity contribution in [1.82, 2.24) is 15.0 Å². The fourth-order valence-corrected chi connectivity index (χ4v) is 2.21. The minimum absolute atomic E-state index is 0.0490. The molecule has 0 bridgehead atoms. The second-order valence-corrected chi connectivity index (χ2v) is 4.48. The average molecular weight is 292 g/mol. The smallest absolute Gasteiger partial charge is 0.337 e. The Kier molecular flexibility index (Phi) is 2.87. The van der Waals surface area contributed by atoms with Crippen LogP contribution in [0.5, 0.6) is 0 Å². The Morgan fingerprint density at radius 3 is 2.80 bits per heavy atom. The molecule has 0 amide bonds. The van der Waals surface area contributed by atoms with Crippen LogP contribution in [0.15, 0.2) is 36.4 Å². The second kappa shape index (κ2) is 4.57. The molecule has 1 aromatic heterocycles. The molecule has 0 radical (unpaired) electrons. The highest BCUT2D eigenvalue weighted by Gasteiger charge is 2.17. The SMILES string of the molecule is O=C(O)c1cccc2nnn(-c3ccc(F)cc3Cl)c12. The molecule has 3 aromatic rings. The van der Waals surface area contributed by atoms with Crippen LogP contribution in [0.2, 0.25) is 5.02 Å². The van der Waals surface area contributed by atoms with Crippen LogP contribution in [0, 0.1) is 5.82 Å².